The van der Waals surface area contributed by atoms with E-state index < -0.39 is 12.8 Å². The van der Waals surface area contributed by atoms with Crippen LogP contribution in [0.4, 0.5) is 19.0 Å². The second-order valence-corrected chi connectivity index (χ2v) is 7.08. The molecular formula is C23H24F3N3O3. The molecule has 0 bridgehead atoms. The average molecular weight is 447 g/mol. The largest absolute Gasteiger partial charge is 0.497 e. The van der Waals surface area contributed by atoms with Gasteiger partial charge in [-0.1, -0.05) is 19.1 Å². The van der Waals surface area contributed by atoms with E-state index in [9.17, 15) is 18.0 Å². The Morgan fingerprint density at radius 3 is 2.28 bits per heavy atom. The molecule has 0 amide bonds. The summed E-state index contributed by atoms with van der Waals surface area (Å²) in [5.74, 6) is 1.84. The van der Waals surface area contributed by atoms with Gasteiger partial charge in [0.15, 0.2) is 6.61 Å². The lowest BCUT2D eigenvalue weighted by atomic mass is 10.2. The highest BCUT2D eigenvalue weighted by atomic mass is 19.4. The molecule has 3 aromatic rings. The van der Waals surface area contributed by atoms with Crippen molar-refractivity contribution >= 4 is 5.82 Å². The van der Waals surface area contributed by atoms with Crippen LogP contribution in [-0.2, 0) is 13.0 Å². The Balaban J connectivity index is 1.79. The Morgan fingerprint density at radius 2 is 1.69 bits per heavy atom. The van der Waals surface area contributed by atoms with Crippen LogP contribution >= 0.6 is 0 Å². The fraction of sp³-hybridized carbons (Fsp3) is 0.304. The van der Waals surface area contributed by atoms with Gasteiger partial charge < -0.3 is 14.8 Å². The molecule has 0 aliphatic carbocycles. The maximum atomic E-state index is 12.9. The predicted molar refractivity (Wildman–Crippen MR) is 116 cm³/mol. The molecule has 1 heterocycles. The zero-order chi connectivity index (χ0) is 23.1. The van der Waals surface area contributed by atoms with Crippen LogP contribution in [0.3, 0.4) is 0 Å². The van der Waals surface area contributed by atoms with E-state index in [4.69, 9.17) is 9.47 Å². The number of hydrogen-bond donors (Lipinski definition) is 1. The highest BCUT2D eigenvalue weighted by Gasteiger charge is 2.28. The molecule has 0 atom stereocenters. The number of alkyl halides is 3. The van der Waals surface area contributed by atoms with E-state index in [1.165, 1.54) is 22.8 Å². The summed E-state index contributed by atoms with van der Waals surface area (Å²) in [4.78, 5) is 17.4. The first-order valence-electron chi connectivity index (χ1n) is 10.1. The van der Waals surface area contributed by atoms with Crippen LogP contribution < -0.4 is 20.3 Å². The molecule has 0 unspecified atom stereocenters. The van der Waals surface area contributed by atoms with Gasteiger partial charge in [-0.05, 0) is 48.4 Å². The number of aromatic nitrogens is 2. The van der Waals surface area contributed by atoms with Gasteiger partial charge in [-0.25, -0.2) is 4.98 Å². The Labute approximate surface area is 183 Å². The van der Waals surface area contributed by atoms with Crippen molar-refractivity contribution in [1.29, 1.82) is 0 Å². The Bertz CT molecular complexity index is 1080. The van der Waals surface area contributed by atoms with Crippen molar-refractivity contribution in [3.63, 3.8) is 0 Å². The van der Waals surface area contributed by atoms with Gasteiger partial charge in [0, 0.05) is 19.0 Å². The molecule has 6 nitrogen and oxygen atoms in total. The van der Waals surface area contributed by atoms with Crippen LogP contribution in [-0.4, -0.2) is 29.4 Å². The highest BCUT2D eigenvalue weighted by molar-refractivity contribution is 5.42. The molecule has 3 rings (SSSR count). The standard InChI is InChI=1S/C23H24F3N3O3/c1-3-4-21-28-20(27-14-16-5-9-18(31-2)10-6-16)13-22(30)29(21)17-7-11-19(12-8-17)32-15-23(24,25)26/h5-13,27H,3-4,14-15H2,1-2H3. The summed E-state index contributed by atoms with van der Waals surface area (Å²) in [5, 5.41) is 3.16. The zero-order valence-electron chi connectivity index (χ0n) is 17.8. The number of methoxy groups -OCH3 is 1. The molecular weight excluding hydrogens is 423 g/mol. The quantitative estimate of drug-likeness (QED) is 0.513. The Hall–Kier alpha value is -3.49. The monoisotopic (exact) mass is 447 g/mol. The van der Waals surface area contributed by atoms with E-state index in [1.54, 1.807) is 19.2 Å². The molecule has 0 aliphatic heterocycles. The molecule has 170 valence electrons. The minimum Gasteiger partial charge on any atom is -0.497 e. The summed E-state index contributed by atoms with van der Waals surface area (Å²) < 4.78 is 48.3. The second-order valence-electron chi connectivity index (χ2n) is 7.08. The van der Waals surface area contributed by atoms with Crippen LogP contribution in [0, 0.1) is 0 Å². The fourth-order valence-corrected chi connectivity index (χ4v) is 3.08. The first kappa shape index (κ1) is 23.2. The number of nitrogens with one attached hydrogen (secondary N) is 1. The molecule has 0 saturated heterocycles. The fourth-order valence-electron chi connectivity index (χ4n) is 3.08. The van der Waals surface area contributed by atoms with Crippen LogP contribution in [0.15, 0.2) is 59.4 Å². The van der Waals surface area contributed by atoms with E-state index in [0.717, 1.165) is 17.7 Å². The van der Waals surface area contributed by atoms with Crippen molar-refractivity contribution in [3.8, 4) is 17.2 Å². The molecule has 9 heteroatoms. The summed E-state index contributed by atoms with van der Waals surface area (Å²) in [5.41, 5.74) is 1.22. The van der Waals surface area contributed by atoms with Crippen LogP contribution in [0.2, 0.25) is 0 Å². The minimum absolute atomic E-state index is 0.0712. The molecule has 0 spiro atoms. The normalized spacial score (nSPS) is 11.3. The van der Waals surface area contributed by atoms with Gasteiger partial charge in [-0.15, -0.1) is 0 Å². The van der Waals surface area contributed by atoms with E-state index in [-0.39, 0.29) is 11.3 Å². The third kappa shape index (κ3) is 6.26. The molecule has 1 N–H and O–H groups in total. The summed E-state index contributed by atoms with van der Waals surface area (Å²) in [6.45, 7) is 1.09. The Kier molecular flexibility index (Phi) is 7.40. The van der Waals surface area contributed by atoms with E-state index in [1.807, 2.05) is 31.2 Å². The van der Waals surface area contributed by atoms with Crippen molar-refractivity contribution in [2.75, 3.05) is 19.0 Å². The first-order valence-corrected chi connectivity index (χ1v) is 10.1. The molecule has 1 aromatic heterocycles. The lowest BCUT2D eigenvalue weighted by Gasteiger charge is -2.15. The molecule has 0 fully saturated rings. The second kappa shape index (κ2) is 10.2. The maximum Gasteiger partial charge on any atom is 0.422 e. The van der Waals surface area contributed by atoms with Crippen molar-refractivity contribution < 1.29 is 22.6 Å². The van der Waals surface area contributed by atoms with Gasteiger partial charge >= 0.3 is 6.18 Å². The minimum atomic E-state index is -4.41. The SMILES string of the molecule is CCCc1nc(NCc2ccc(OC)cc2)cc(=O)n1-c1ccc(OCC(F)(F)F)cc1. The van der Waals surface area contributed by atoms with Gasteiger partial charge in [0.05, 0.1) is 12.8 Å². The zero-order valence-corrected chi connectivity index (χ0v) is 17.8. The number of rotatable bonds is 9. The van der Waals surface area contributed by atoms with E-state index >= 15 is 0 Å². The molecule has 2 aromatic carbocycles. The smallest absolute Gasteiger partial charge is 0.422 e. The predicted octanol–water partition coefficient (Wildman–Crippen LogP) is 4.75. The van der Waals surface area contributed by atoms with Crippen molar-refractivity contribution in [2.45, 2.75) is 32.5 Å². The van der Waals surface area contributed by atoms with Crippen molar-refractivity contribution in [2.24, 2.45) is 0 Å². The van der Waals surface area contributed by atoms with Gasteiger partial charge in [0.1, 0.15) is 23.1 Å². The summed E-state index contributed by atoms with van der Waals surface area (Å²) >= 11 is 0. The molecule has 32 heavy (non-hydrogen) atoms. The number of hydrogen-bond acceptors (Lipinski definition) is 5. The molecule has 0 saturated carbocycles. The van der Waals surface area contributed by atoms with Crippen LogP contribution in [0.1, 0.15) is 24.7 Å². The van der Waals surface area contributed by atoms with Gasteiger partial charge in [0.25, 0.3) is 5.56 Å². The topological polar surface area (TPSA) is 65.4 Å². The number of halogens is 3. The third-order valence-corrected chi connectivity index (χ3v) is 4.59. The number of nitrogens with zero attached hydrogens (tertiary/aromatic N) is 2. The highest BCUT2D eigenvalue weighted by Crippen LogP contribution is 2.21. The number of anilines is 1. The van der Waals surface area contributed by atoms with Crippen molar-refractivity contribution in [1.82, 2.24) is 9.55 Å². The lowest BCUT2D eigenvalue weighted by Crippen LogP contribution is -2.24. The first-order chi connectivity index (χ1) is 15.3. The molecule has 0 aliphatic rings. The molecule has 0 radical (unpaired) electrons. The van der Waals surface area contributed by atoms with E-state index in [2.05, 4.69) is 10.3 Å². The summed E-state index contributed by atoms with van der Waals surface area (Å²) in [6, 6.07) is 14.8. The average Bonchev–Trinajstić information content (AvgIpc) is 2.77. The van der Waals surface area contributed by atoms with E-state index in [0.29, 0.717) is 30.3 Å². The third-order valence-electron chi connectivity index (χ3n) is 4.59. The summed E-state index contributed by atoms with van der Waals surface area (Å²) in [6.07, 6.45) is -3.09. The summed E-state index contributed by atoms with van der Waals surface area (Å²) in [7, 11) is 1.60. The van der Waals surface area contributed by atoms with Gasteiger partial charge in [-0.2, -0.15) is 13.2 Å². The number of benzene rings is 2. The van der Waals surface area contributed by atoms with Gasteiger partial charge in [-0.3, -0.25) is 9.36 Å². The van der Waals surface area contributed by atoms with Crippen molar-refractivity contribution in [3.05, 3.63) is 76.3 Å². The lowest BCUT2D eigenvalue weighted by molar-refractivity contribution is -0.153. The van der Waals surface area contributed by atoms with Gasteiger partial charge in [0.2, 0.25) is 0 Å². The van der Waals surface area contributed by atoms with Crippen LogP contribution in [0.5, 0.6) is 11.5 Å². The maximum absolute atomic E-state index is 12.9. The number of ether oxygens (including phenoxy) is 2. The number of aryl methyl sites for hydroxylation is 1. The van der Waals surface area contributed by atoms with Crippen LogP contribution in [0.25, 0.3) is 5.69 Å². The Morgan fingerprint density at radius 1 is 1.03 bits per heavy atom.